The topological polar surface area (TPSA) is 74.2 Å². The van der Waals surface area contributed by atoms with E-state index in [0.717, 1.165) is 16.4 Å². The number of carbonyl (C=O) groups is 1. The highest BCUT2D eigenvalue weighted by atomic mass is 19.4. The molecule has 1 heterocycles. The molecule has 1 amide bonds. The van der Waals surface area contributed by atoms with Gasteiger partial charge in [-0.05, 0) is 48.8 Å². The first-order valence-electron chi connectivity index (χ1n) is 9.86. The Morgan fingerprint density at radius 2 is 1.93 bits per heavy atom. The highest BCUT2D eigenvalue weighted by Crippen LogP contribution is 2.30. The predicted octanol–water partition coefficient (Wildman–Crippen LogP) is 1.54. The number of rotatable bonds is 4. The molecule has 1 saturated carbocycles. The minimum atomic E-state index is -4.28. The molecular formula is C21H28F3N3O2. The lowest BCUT2D eigenvalue weighted by Crippen LogP contribution is -2.49. The second-order valence-electron chi connectivity index (χ2n) is 9.08. The number of nitrogens with one attached hydrogen (secondary N) is 2. The summed E-state index contributed by atoms with van der Waals surface area (Å²) >= 11 is 0. The second kappa shape index (κ2) is 7.72. The van der Waals surface area contributed by atoms with Crippen LogP contribution in [0.3, 0.4) is 0 Å². The summed E-state index contributed by atoms with van der Waals surface area (Å²) < 4.78 is 38.0. The van der Waals surface area contributed by atoms with Crippen molar-refractivity contribution in [3.63, 3.8) is 0 Å². The zero-order valence-electron chi connectivity index (χ0n) is 17.2. The van der Waals surface area contributed by atoms with Gasteiger partial charge in [-0.25, -0.2) is 4.98 Å². The van der Waals surface area contributed by atoms with Crippen molar-refractivity contribution >= 4 is 17.6 Å². The molecule has 1 fully saturated rings. The van der Waals surface area contributed by atoms with E-state index in [1.165, 1.54) is 0 Å². The van der Waals surface area contributed by atoms with Crippen LogP contribution in [-0.4, -0.2) is 46.9 Å². The average Bonchev–Trinajstić information content (AvgIpc) is 2.56. The SMILES string of the molecule is Cc1cc(C(=O)N[C@H]2C[C@@H](O)C2)nc2c1=CC(NCC(F)(F)F)CC=2C(C)(C)C. The van der Waals surface area contributed by atoms with E-state index in [0.29, 0.717) is 30.3 Å². The number of nitrogens with zero attached hydrogens (tertiary/aromatic N) is 1. The van der Waals surface area contributed by atoms with Gasteiger partial charge in [0.25, 0.3) is 5.91 Å². The van der Waals surface area contributed by atoms with Crippen LogP contribution in [0.5, 0.6) is 0 Å². The number of hydrogen-bond donors (Lipinski definition) is 3. The largest absolute Gasteiger partial charge is 0.401 e. The van der Waals surface area contributed by atoms with Gasteiger partial charge in [0.15, 0.2) is 0 Å². The Hall–Kier alpha value is -1.93. The summed E-state index contributed by atoms with van der Waals surface area (Å²) in [5.74, 6) is -0.293. The highest BCUT2D eigenvalue weighted by molar-refractivity contribution is 5.92. The number of hydrogen-bond acceptors (Lipinski definition) is 4. The fraction of sp³-hybridized carbons (Fsp3) is 0.619. The van der Waals surface area contributed by atoms with Crippen LogP contribution < -0.4 is 21.2 Å². The first-order valence-corrected chi connectivity index (χ1v) is 9.86. The van der Waals surface area contributed by atoms with E-state index in [1.807, 2.05) is 27.7 Å². The lowest BCUT2D eigenvalue weighted by atomic mass is 9.79. The van der Waals surface area contributed by atoms with Crippen LogP contribution >= 0.6 is 0 Å². The Labute approximate surface area is 168 Å². The number of fused-ring (bicyclic) bond motifs is 1. The van der Waals surface area contributed by atoms with Crippen molar-refractivity contribution in [3.8, 4) is 0 Å². The van der Waals surface area contributed by atoms with Crippen LogP contribution in [-0.2, 0) is 0 Å². The van der Waals surface area contributed by atoms with E-state index < -0.39 is 18.8 Å². The minimum absolute atomic E-state index is 0.0517. The summed E-state index contributed by atoms with van der Waals surface area (Å²) in [6.45, 7) is 6.78. The highest BCUT2D eigenvalue weighted by Gasteiger charge is 2.32. The second-order valence-corrected chi connectivity index (χ2v) is 9.08. The lowest BCUT2D eigenvalue weighted by Gasteiger charge is -2.32. The molecule has 1 aromatic rings. The number of aliphatic hydroxyl groups is 1. The van der Waals surface area contributed by atoms with Crippen molar-refractivity contribution in [2.75, 3.05) is 6.54 Å². The molecule has 3 rings (SSSR count). The molecule has 0 spiro atoms. The molecule has 2 aliphatic carbocycles. The standard InChI is InChI=1S/C21H28F3N3O2/c1-11-5-17(19(29)26-13-6-14(28)7-13)27-18-15(11)8-12(25-10-21(22,23)24)9-16(18)20(2,3)4/h5,8,12-14,25,28H,6-7,9-10H2,1-4H3,(H,26,29)/t12?,13-,14+. The summed E-state index contributed by atoms with van der Waals surface area (Å²) in [6, 6.07) is 1.17. The van der Waals surface area contributed by atoms with Crippen molar-refractivity contribution in [1.82, 2.24) is 15.6 Å². The predicted molar refractivity (Wildman–Crippen MR) is 105 cm³/mol. The van der Waals surface area contributed by atoms with E-state index in [9.17, 15) is 23.1 Å². The van der Waals surface area contributed by atoms with Gasteiger partial charge in [0.1, 0.15) is 5.69 Å². The van der Waals surface area contributed by atoms with Crippen LogP contribution in [0.2, 0.25) is 0 Å². The van der Waals surface area contributed by atoms with E-state index in [1.54, 1.807) is 12.1 Å². The molecule has 0 radical (unpaired) electrons. The van der Waals surface area contributed by atoms with Crippen LogP contribution in [0.15, 0.2) is 6.07 Å². The number of aromatic nitrogens is 1. The monoisotopic (exact) mass is 411 g/mol. The molecule has 29 heavy (non-hydrogen) atoms. The molecule has 1 unspecified atom stereocenters. The molecule has 0 aliphatic heterocycles. The summed E-state index contributed by atoms with van der Waals surface area (Å²) in [5, 5.41) is 16.3. The Kier molecular flexibility index (Phi) is 5.80. The molecule has 2 aliphatic rings. The summed E-state index contributed by atoms with van der Waals surface area (Å²) in [6.07, 6.45) is -1.39. The first-order chi connectivity index (χ1) is 13.3. The van der Waals surface area contributed by atoms with Crippen LogP contribution in [0.4, 0.5) is 13.2 Å². The molecule has 1 atom stereocenters. The van der Waals surface area contributed by atoms with Gasteiger partial charge in [-0.2, -0.15) is 13.2 Å². The molecular weight excluding hydrogens is 383 g/mol. The Bertz CT molecular complexity index is 913. The zero-order valence-corrected chi connectivity index (χ0v) is 17.2. The van der Waals surface area contributed by atoms with Crippen molar-refractivity contribution in [1.29, 1.82) is 0 Å². The van der Waals surface area contributed by atoms with Crippen LogP contribution in [0.1, 0.15) is 56.1 Å². The molecule has 3 N–H and O–H groups in total. The van der Waals surface area contributed by atoms with Crippen molar-refractivity contribution in [3.05, 3.63) is 27.9 Å². The summed E-state index contributed by atoms with van der Waals surface area (Å²) in [7, 11) is 0. The molecule has 160 valence electrons. The normalized spacial score (nSPS) is 24.4. The van der Waals surface area contributed by atoms with E-state index in [2.05, 4.69) is 15.6 Å². The number of pyridine rings is 1. The summed E-state index contributed by atoms with van der Waals surface area (Å²) in [4.78, 5) is 17.2. The molecule has 0 bridgehead atoms. The average molecular weight is 411 g/mol. The maximum atomic E-state index is 12.7. The maximum Gasteiger partial charge on any atom is 0.401 e. The number of aryl methyl sites for hydroxylation is 1. The van der Waals surface area contributed by atoms with Crippen LogP contribution in [0, 0.1) is 12.3 Å². The molecule has 0 aromatic carbocycles. The quantitative estimate of drug-likeness (QED) is 0.703. The Morgan fingerprint density at radius 3 is 2.48 bits per heavy atom. The molecule has 8 heteroatoms. The summed E-state index contributed by atoms with van der Waals surface area (Å²) in [5.41, 5.74) is 1.70. The maximum absolute atomic E-state index is 12.7. The van der Waals surface area contributed by atoms with E-state index in [-0.39, 0.29) is 23.5 Å². The van der Waals surface area contributed by atoms with Gasteiger partial charge in [0.2, 0.25) is 0 Å². The third kappa shape index (κ3) is 5.17. The molecule has 1 aromatic heterocycles. The fourth-order valence-electron chi connectivity index (χ4n) is 3.82. The Balaban J connectivity index is 1.98. The van der Waals surface area contributed by atoms with Gasteiger partial charge in [-0.3, -0.25) is 4.79 Å². The number of aliphatic hydroxyl groups excluding tert-OH is 1. The number of carbonyl (C=O) groups excluding carboxylic acids is 1. The van der Waals surface area contributed by atoms with Gasteiger partial charge in [0, 0.05) is 17.3 Å². The van der Waals surface area contributed by atoms with Crippen molar-refractivity contribution in [2.45, 2.75) is 71.3 Å². The van der Waals surface area contributed by atoms with E-state index in [4.69, 9.17) is 0 Å². The number of alkyl halides is 3. The van der Waals surface area contributed by atoms with Gasteiger partial charge in [-0.15, -0.1) is 0 Å². The van der Waals surface area contributed by atoms with Crippen LogP contribution in [0.25, 0.3) is 11.6 Å². The van der Waals surface area contributed by atoms with E-state index >= 15 is 0 Å². The Morgan fingerprint density at radius 1 is 1.28 bits per heavy atom. The molecule has 0 saturated heterocycles. The van der Waals surface area contributed by atoms with Crippen molar-refractivity contribution < 1.29 is 23.1 Å². The van der Waals surface area contributed by atoms with Crippen molar-refractivity contribution in [2.24, 2.45) is 5.41 Å². The number of amides is 1. The first kappa shape index (κ1) is 21.8. The fourth-order valence-corrected chi connectivity index (χ4v) is 3.82. The third-order valence-corrected chi connectivity index (χ3v) is 5.49. The van der Waals surface area contributed by atoms with Gasteiger partial charge in [0.05, 0.1) is 18.0 Å². The third-order valence-electron chi connectivity index (χ3n) is 5.49. The lowest BCUT2D eigenvalue weighted by molar-refractivity contribution is -0.125. The zero-order chi connectivity index (χ0) is 21.6. The van der Waals surface area contributed by atoms with Gasteiger partial charge < -0.3 is 15.7 Å². The van der Waals surface area contributed by atoms with Gasteiger partial charge >= 0.3 is 6.18 Å². The molecule has 5 nitrogen and oxygen atoms in total. The smallest absolute Gasteiger partial charge is 0.393 e. The number of halogens is 3. The van der Waals surface area contributed by atoms with Gasteiger partial charge in [-0.1, -0.05) is 26.8 Å². The minimum Gasteiger partial charge on any atom is -0.393 e.